The third kappa shape index (κ3) is 2.45. The minimum Gasteiger partial charge on any atom is -0.338 e. The lowest BCUT2D eigenvalue weighted by molar-refractivity contribution is 0.947. The monoisotopic (exact) mass is 401 g/mol. The molecule has 0 atom stereocenters. The highest BCUT2D eigenvalue weighted by Crippen LogP contribution is 2.33. The first-order valence-corrected chi connectivity index (χ1v) is 7.19. The van der Waals surface area contributed by atoms with Crippen molar-refractivity contribution < 1.29 is 0 Å². The number of hydrogen-bond donors (Lipinski definition) is 1. The molecule has 3 aromatic rings. The number of rotatable bonds is 2. The second-order valence-electron chi connectivity index (χ2n) is 3.66. The Labute approximate surface area is 130 Å². The number of hydrogen-bond acceptors (Lipinski definition) is 4. The van der Waals surface area contributed by atoms with Crippen LogP contribution in [0.4, 0.5) is 11.5 Å². The van der Waals surface area contributed by atoms with E-state index < -0.39 is 0 Å². The average molecular weight is 403 g/mol. The number of halogens is 3. The fraction of sp³-hybridized carbons (Fsp3) is 0. The number of aromatic nitrogens is 4. The fourth-order valence-corrected chi connectivity index (χ4v) is 2.99. The molecule has 2 aromatic heterocycles. The maximum atomic E-state index is 5.97. The molecule has 0 aliphatic heterocycles. The SMILES string of the molecule is Clc1cc(Nc2c(Br)cccc2Br)n2ncnc2n1. The van der Waals surface area contributed by atoms with Crippen molar-refractivity contribution in [1.29, 1.82) is 0 Å². The molecule has 8 heteroatoms. The molecule has 96 valence electrons. The predicted octanol–water partition coefficient (Wildman–Crippen LogP) is 4.05. The van der Waals surface area contributed by atoms with Gasteiger partial charge in [-0.1, -0.05) is 17.7 Å². The van der Waals surface area contributed by atoms with Crippen molar-refractivity contribution in [3.05, 3.63) is 44.7 Å². The summed E-state index contributed by atoms with van der Waals surface area (Å²) in [4.78, 5) is 8.09. The van der Waals surface area contributed by atoms with Crippen LogP contribution in [0, 0.1) is 0 Å². The molecule has 0 aliphatic rings. The zero-order chi connectivity index (χ0) is 13.4. The Morgan fingerprint density at radius 1 is 1.21 bits per heavy atom. The quantitative estimate of drug-likeness (QED) is 0.656. The van der Waals surface area contributed by atoms with Crippen LogP contribution in [-0.2, 0) is 0 Å². The van der Waals surface area contributed by atoms with Gasteiger partial charge in [0.05, 0.1) is 5.69 Å². The van der Waals surface area contributed by atoms with Crippen molar-refractivity contribution in [3.63, 3.8) is 0 Å². The Bertz CT molecular complexity index is 738. The zero-order valence-corrected chi connectivity index (χ0v) is 13.2. The molecule has 0 saturated carbocycles. The van der Waals surface area contributed by atoms with Gasteiger partial charge >= 0.3 is 0 Å². The summed E-state index contributed by atoms with van der Waals surface area (Å²) in [5.74, 6) is 1.12. The summed E-state index contributed by atoms with van der Waals surface area (Å²) in [5, 5.41) is 7.71. The lowest BCUT2D eigenvalue weighted by atomic mass is 10.3. The lowest BCUT2D eigenvalue weighted by Crippen LogP contribution is -2.02. The van der Waals surface area contributed by atoms with Crippen LogP contribution >= 0.6 is 43.5 Å². The standard InChI is InChI=1S/C11H6Br2ClN5/c12-6-2-1-3-7(13)10(6)18-9-4-8(14)17-11-15-5-16-19(9)11/h1-5,18H. The summed E-state index contributed by atoms with van der Waals surface area (Å²) in [5.41, 5.74) is 0.876. The van der Waals surface area contributed by atoms with Crippen molar-refractivity contribution in [2.24, 2.45) is 0 Å². The van der Waals surface area contributed by atoms with E-state index in [2.05, 4.69) is 52.2 Å². The van der Waals surface area contributed by atoms with Crippen LogP contribution in [0.5, 0.6) is 0 Å². The predicted molar refractivity (Wildman–Crippen MR) is 80.9 cm³/mol. The van der Waals surface area contributed by atoms with Gasteiger partial charge < -0.3 is 5.32 Å². The Hall–Kier alpha value is -1.18. The van der Waals surface area contributed by atoms with Gasteiger partial charge in [0.25, 0.3) is 5.78 Å². The third-order valence-electron chi connectivity index (χ3n) is 2.44. The first kappa shape index (κ1) is 12.8. The van der Waals surface area contributed by atoms with Crippen LogP contribution in [0.2, 0.25) is 5.15 Å². The number of fused-ring (bicyclic) bond motifs is 1. The van der Waals surface area contributed by atoms with Crippen molar-refractivity contribution >= 4 is 60.7 Å². The molecule has 0 bridgehead atoms. The summed E-state index contributed by atoms with van der Waals surface area (Å²) >= 11 is 13.0. The molecule has 2 heterocycles. The first-order chi connectivity index (χ1) is 9.15. The number of nitrogens with one attached hydrogen (secondary N) is 1. The summed E-state index contributed by atoms with van der Waals surface area (Å²) in [7, 11) is 0. The number of anilines is 2. The first-order valence-electron chi connectivity index (χ1n) is 5.22. The van der Waals surface area contributed by atoms with Crippen LogP contribution in [0.3, 0.4) is 0 Å². The van der Waals surface area contributed by atoms with E-state index in [1.54, 1.807) is 10.6 Å². The molecule has 0 radical (unpaired) electrons. The minimum absolute atomic E-state index is 0.353. The van der Waals surface area contributed by atoms with E-state index in [4.69, 9.17) is 11.6 Å². The molecule has 0 spiro atoms. The van der Waals surface area contributed by atoms with Crippen LogP contribution < -0.4 is 5.32 Å². The maximum Gasteiger partial charge on any atom is 0.255 e. The van der Waals surface area contributed by atoms with E-state index in [1.165, 1.54) is 6.33 Å². The normalized spacial score (nSPS) is 10.9. The van der Waals surface area contributed by atoms with E-state index in [0.29, 0.717) is 16.7 Å². The van der Waals surface area contributed by atoms with E-state index in [1.807, 2.05) is 18.2 Å². The average Bonchev–Trinajstić information content (AvgIpc) is 2.81. The highest BCUT2D eigenvalue weighted by Gasteiger charge is 2.10. The molecule has 5 nitrogen and oxygen atoms in total. The maximum absolute atomic E-state index is 5.97. The molecular weight excluding hydrogens is 397 g/mol. The van der Waals surface area contributed by atoms with Gasteiger partial charge in [0.15, 0.2) is 0 Å². The Kier molecular flexibility index (Phi) is 3.42. The van der Waals surface area contributed by atoms with Gasteiger partial charge in [-0.25, -0.2) is 0 Å². The van der Waals surface area contributed by atoms with Crippen molar-refractivity contribution in [1.82, 2.24) is 19.6 Å². The topological polar surface area (TPSA) is 55.1 Å². The molecule has 0 unspecified atom stereocenters. The molecule has 3 rings (SSSR count). The number of benzene rings is 1. The molecule has 0 saturated heterocycles. The summed E-state index contributed by atoms with van der Waals surface area (Å²) in [6, 6.07) is 7.50. The third-order valence-corrected chi connectivity index (χ3v) is 3.95. The molecule has 1 N–H and O–H groups in total. The van der Waals surface area contributed by atoms with Crippen LogP contribution in [-0.4, -0.2) is 19.6 Å². The van der Waals surface area contributed by atoms with Crippen LogP contribution in [0.15, 0.2) is 39.5 Å². The Morgan fingerprint density at radius 2 is 1.95 bits per heavy atom. The number of nitrogens with zero attached hydrogens (tertiary/aromatic N) is 4. The summed E-state index contributed by atoms with van der Waals surface area (Å²) in [6.07, 6.45) is 1.43. The zero-order valence-electron chi connectivity index (χ0n) is 9.31. The summed E-state index contributed by atoms with van der Waals surface area (Å²) in [6.45, 7) is 0. The van der Waals surface area contributed by atoms with Crippen LogP contribution in [0.25, 0.3) is 5.78 Å². The second-order valence-corrected chi connectivity index (χ2v) is 5.75. The minimum atomic E-state index is 0.353. The van der Waals surface area contributed by atoms with Gasteiger partial charge in [0, 0.05) is 15.0 Å². The molecular formula is C11H6Br2ClN5. The second kappa shape index (κ2) is 5.07. The Balaban J connectivity index is 2.13. The van der Waals surface area contributed by atoms with Crippen molar-refractivity contribution in [3.8, 4) is 0 Å². The van der Waals surface area contributed by atoms with Gasteiger partial charge in [-0.2, -0.15) is 19.6 Å². The molecule has 1 aromatic carbocycles. The van der Waals surface area contributed by atoms with Crippen molar-refractivity contribution in [2.45, 2.75) is 0 Å². The van der Waals surface area contributed by atoms with Gasteiger partial charge in [-0.3, -0.25) is 0 Å². The highest BCUT2D eigenvalue weighted by atomic mass is 79.9. The fourth-order valence-electron chi connectivity index (χ4n) is 1.62. The highest BCUT2D eigenvalue weighted by molar-refractivity contribution is 9.11. The van der Waals surface area contributed by atoms with Gasteiger partial charge in [0.2, 0.25) is 0 Å². The number of para-hydroxylation sites is 1. The van der Waals surface area contributed by atoms with E-state index >= 15 is 0 Å². The molecule has 0 aliphatic carbocycles. The Morgan fingerprint density at radius 3 is 2.68 bits per heavy atom. The van der Waals surface area contributed by atoms with E-state index in [-0.39, 0.29) is 0 Å². The molecule has 0 fully saturated rings. The van der Waals surface area contributed by atoms with E-state index in [9.17, 15) is 0 Å². The van der Waals surface area contributed by atoms with Gasteiger partial charge in [0.1, 0.15) is 17.3 Å². The van der Waals surface area contributed by atoms with E-state index in [0.717, 1.165) is 14.6 Å². The van der Waals surface area contributed by atoms with Gasteiger partial charge in [-0.15, -0.1) is 0 Å². The largest absolute Gasteiger partial charge is 0.338 e. The summed E-state index contributed by atoms with van der Waals surface area (Å²) < 4.78 is 3.42. The molecule has 19 heavy (non-hydrogen) atoms. The molecule has 0 amide bonds. The smallest absolute Gasteiger partial charge is 0.255 e. The van der Waals surface area contributed by atoms with Crippen LogP contribution in [0.1, 0.15) is 0 Å². The lowest BCUT2D eigenvalue weighted by Gasteiger charge is -2.11. The van der Waals surface area contributed by atoms with Crippen molar-refractivity contribution in [2.75, 3.05) is 5.32 Å². The van der Waals surface area contributed by atoms with Gasteiger partial charge in [-0.05, 0) is 44.0 Å².